The van der Waals surface area contributed by atoms with Gasteiger partial charge in [0, 0.05) is 12.1 Å². The molecule has 0 aromatic heterocycles. The highest BCUT2D eigenvalue weighted by Gasteiger charge is 2.44. The van der Waals surface area contributed by atoms with Crippen molar-refractivity contribution in [2.75, 3.05) is 13.1 Å². The number of rotatable bonds is 3. The normalized spacial score (nSPS) is 26.0. The summed E-state index contributed by atoms with van der Waals surface area (Å²) in [5.74, 6) is 0.302. The summed E-state index contributed by atoms with van der Waals surface area (Å²) < 4.78 is 0. The van der Waals surface area contributed by atoms with Gasteiger partial charge < -0.3 is 5.32 Å². The summed E-state index contributed by atoms with van der Waals surface area (Å²) in [6.07, 6.45) is 6.70. The number of hydroxylamine groups is 2. The molecule has 2 N–H and O–H groups in total. The van der Waals surface area contributed by atoms with Crippen LogP contribution < -0.4 is 5.32 Å². The Kier molecular flexibility index (Phi) is 3.83. The molecule has 1 atom stereocenters. The van der Waals surface area contributed by atoms with Crippen molar-refractivity contribution >= 4 is 11.8 Å². The standard InChI is InChI=1S/C19H24N2O3/c22-17(21(24)12-13-2-1-3-13)15-4-5-16-11-19(7-6-14(16)10-15)8-9-20-18(19)23/h4-5,10,13,24H,1-3,6-9,11-12H2,(H,20,23)/t19-/m1/s1. The molecule has 24 heavy (non-hydrogen) atoms. The fraction of sp³-hybridized carbons (Fsp3) is 0.579. The number of nitrogens with zero attached hydrogens (tertiary/aromatic N) is 1. The lowest BCUT2D eigenvalue weighted by molar-refractivity contribution is -0.128. The fourth-order valence-electron chi connectivity index (χ4n) is 4.27. The summed E-state index contributed by atoms with van der Waals surface area (Å²) in [4.78, 5) is 24.6. The molecule has 1 saturated heterocycles. The van der Waals surface area contributed by atoms with Crippen LogP contribution in [0.1, 0.15) is 53.6 Å². The molecule has 1 heterocycles. The molecule has 0 unspecified atom stereocenters. The summed E-state index contributed by atoms with van der Waals surface area (Å²) in [5.41, 5.74) is 2.61. The summed E-state index contributed by atoms with van der Waals surface area (Å²) in [5, 5.41) is 13.9. The van der Waals surface area contributed by atoms with Crippen LogP contribution in [0.3, 0.4) is 0 Å². The average molecular weight is 328 g/mol. The van der Waals surface area contributed by atoms with Crippen LogP contribution in [0.15, 0.2) is 18.2 Å². The predicted octanol–water partition coefficient (Wildman–Crippen LogP) is 2.31. The molecular weight excluding hydrogens is 304 g/mol. The van der Waals surface area contributed by atoms with Gasteiger partial charge in [0.15, 0.2) is 0 Å². The number of nitrogens with one attached hydrogen (secondary N) is 1. The van der Waals surface area contributed by atoms with Crippen molar-refractivity contribution in [2.24, 2.45) is 11.3 Å². The van der Waals surface area contributed by atoms with Gasteiger partial charge in [0.1, 0.15) is 0 Å². The van der Waals surface area contributed by atoms with Crippen LogP contribution in [0.5, 0.6) is 0 Å². The summed E-state index contributed by atoms with van der Waals surface area (Å²) in [6, 6.07) is 5.66. The van der Waals surface area contributed by atoms with E-state index in [-0.39, 0.29) is 17.2 Å². The number of benzene rings is 1. The molecule has 0 bridgehead atoms. The maximum atomic E-state index is 12.4. The van der Waals surface area contributed by atoms with E-state index in [4.69, 9.17) is 0 Å². The molecule has 0 radical (unpaired) electrons. The Morgan fingerprint density at radius 3 is 2.79 bits per heavy atom. The van der Waals surface area contributed by atoms with E-state index in [0.29, 0.717) is 18.0 Å². The number of hydrogen-bond donors (Lipinski definition) is 2. The molecule has 5 heteroatoms. The molecule has 4 rings (SSSR count). The highest BCUT2D eigenvalue weighted by molar-refractivity contribution is 5.94. The van der Waals surface area contributed by atoms with Crippen LogP contribution in [0.2, 0.25) is 0 Å². The van der Waals surface area contributed by atoms with E-state index < -0.39 is 0 Å². The number of fused-ring (bicyclic) bond motifs is 1. The lowest BCUT2D eigenvalue weighted by atomic mass is 9.70. The van der Waals surface area contributed by atoms with Crippen LogP contribution in [-0.2, 0) is 17.6 Å². The molecule has 1 spiro atoms. The third-order valence-electron chi connectivity index (χ3n) is 6.12. The van der Waals surface area contributed by atoms with Crippen molar-refractivity contribution in [1.82, 2.24) is 10.4 Å². The van der Waals surface area contributed by atoms with E-state index in [9.17, 15) is 14.8 Å². The molecule has 1 saturated carbocycles. The first-order valence-corrected chi connectivity index (χ1v) is 8.98. The first-order chi connectivity index (χ1) is 11.6. The van der Waals surface area contributed by atoms with Crippen molar-refractivity contribution in [3.8, 4) is 0 Å². The van der Waals surface area contributed by atoms with Gasteiger partial charge in [0.2, 0.25) is 5.91 Å². The topological polar surface area (TPSA) is 69.6 Å². The predicted molar refractivity (Wildman–Crippen MR) is 88.7 cm³/mol. The molecular formula is C19H24N2O3. The van der Waals surface area contributed by atoms with Crippen LogP contribution >= 0.6 is 0 Å². The smallest absolute Gasteiger partial charge is 0.277 e. The van der Waals surface area contributed by atoms with Gasteiger partial charge in [-0.25, -0.2) is 5.06 Å². The molecule has 2 fully saturated rings. The van der Waals surface area contributed by atoms with Crippen LogP contribution in [0.4, 0.5) is 0 Å². The highest BCUT2D eigenvalue weighted by atomic mass is 16.5. The molecule has 2 aliphatic carbocycles. The van der Waals surface area contributed by atoms with Crippen molar-refractivity contribution in [3.05, 3.63) is 34.9 Å². The second-order valence-electron chi connectivity index (χ2n) is 7.63. The van der Waals surface area contributed by atoms with E-state index in [0.717, 1.165) is 55.7 Å². The molecule has 3 aliphatic rings. The molecule has 1 aromatic rings. The second kappa shape index (κ2) is 5.88. The zero-order valence-corrected chi connectivity index (χ0v) is 13.9. The molecule has 5 nitrogen and oxygen atoms in total. The summed E-state index contributed by atoms with van der Waals surface area (Å²) in [6.45, 7) is 1.20. The van der Waals surface area contributed by atoms with Gasteiger partial charge in [-0.15, -0.1) is 0 Å². The van der Waals surface area contributed by atoms with E-state index in [1.54, 1.807) is 6.07 Å². The SMILES string of the molecule is O=C(c1ccc2c(c1)CC[C@@]1(CCNC1=O)C2)N(O)CC1CCC1. The van der Waals surface area contributed by atoms with Crippen LogP contribution in [0, 0.1) is 11.3 Å². The highest BCUT2D eigenvalue weighted by Crippen LogP contribution is 2.41. The van der Waals surface area contributed by atoms with Gasteiger partial charge in [-0.1, -0.05) is 12.5 Å². The van der Waals surface area contributed by atoms with Gasteiger partial charge in [0.25, 0.3) is 5.91 Å². The van der Waals surface area contributed by atoms with Gasteiger partial charge in [-0.05, 0) is 67.7 Å². The van der Waals surface area contributed by atoms with Crippen molar-refractivity contribution < 1.29 is 14.8 Å². The largest absolute Gasteiger partial charge is 0.356 e. The second-order valence-corrected chi connectivity index (χ2v) is 7.63. The Morgan fingerprint density at radius 1 is 1.29 bits per heavy atom. The molecule has 128 valence electrons. The Balaban J connectivity index is 1.50. The minimum atomic E-state index is -0.316. The Bertz CT molecular complexity index is 683. The Hall–Kier alpha value is -1.88. The third-order valence-corrected chi connectivity index (χ3v) is 6.12. The Labute approximate surface area is 142 Å². The van der Waals surface area contributed by atoms with E-state index in [2.05, 4.69) is 5.32 Å². The van der Waals surface area contributed by atoms with Crippen LogP contribution in [0.25, 0.3) is 0 Å². The molecule has 1 aliphatic heterocycles. The third kappa shape index (κ3) is 2.61. The van der Waals surface area contributed by atoms with E-state index in [1.165, 1.54) is 12.0 Å². The number of amides is 2. The fourth-order valence-corrected chi connectivity index (χ4v) is 4.27. The minimum absolute atomic E-state index is 0.176. The first-order valence-electron chi connectivity index (χ1n) is 8.98. The zero-order chi connectivity index (χ0) is 16.7. The summed E-state index contributed by atoms with van der Waals surface area (Å²) in [7, 11) is 0. The monoisotopic (exact) mass is 328 g/mol. The van der Waals surface area contributed by atoms with Gasteiger partial charge in [0.05, 0.1) is 12.0 Å². The Morgan fingerprint density at radius 2 is 2.12 bits per heavy atom. The number of carbonyl (C=O) groups is 2. The van der Waals surface area contributed by atoms with Crippen molar-refractivity contribution in [1.29, 1.82) is 0 Å². The van der Waals surface area contributed by atoms with Crippen molar-refractivity contribution in [3.63, 3.8) is 0 Å². The van der Waals surface area contributed by atoms with Gasteiger partial charge in [-0.2, -0.15) is 0 Å². The zero-order valence-electron chi connectivity index (χ0n) is 13.9. The maximum absolute atomic E-state index is 12.4. The van der Waals surface area contributed by atoms with E-state index >= 15 is 0 Å². The number of carbonyl (C=O) groups excluding carboxylic acids is 2. The molecule has 2 amide bonds. The van der Waals surface area contributed by atoms with E-state index in [1.807, 2.05) is 12.1 Å². The minimum Gasteiger partial charge on any atom is -0.356 e. The molecule has 1 aromatic carbocycles. The lowest BCUT2D eigenvalue weighted by Crippen LogP contribution is -2.37. The quantitative estimate of drug-likeness (QED) is 0.661. The first kappa shape index (κ1) is 15.6. The van der Waals surface area contributed by atoms with Crippen LogP contribution in [-0.4, -0.2) is 35.2 Å². The number of hydrogen-bond acceptors (Lipinski definition) is 3. The van der Waals surface area contributed by atoms with Gasteiger partial charge in [-0.3, -0.25) is 14.8 Å². The average Bonchev–Trinajstić information content (AvgIpc) is 2.90. The number of aryl methyl sites for hydroxylation is 1. The van der Waals surface area contributed by atoms with Crippen molar-refractivity contribution in [2.45, 2.75) is 44.9 Å². The lowest BCUT2D eigenvalue weighted by Gasteiger charge is -2.32. The summed E-state index contributed by atoms with van der Waals surface area (Å²) >= 11 is 0. The van der Waals surface area contributed by atoms with Gasteiger partial charge >= 0.3 is 0 Å². The maximum Gasteiger partial charge on any atom is 0.277 e.